The molecule has 1 saturated heterocycles. The van der Waals surface area contributed by atoms with E-state index in [0.717, 1.165) is 16.7 Å². The lowest BCUT2D eigenvalue weighted by atomic mass is 10.1. The van der Waals surface area contributed by atoms with Crippen molar-refractivity contribution < 1.29 is 29.5 Å². The summed E-state index contributed by atoms with van der Waals surface area (Å²) in [5.74, 6) is -3.63. The zero-order valence-corrected chi connectivity index (χ0v) is 14.0. The molecule has 0 aliphatic carbocycles. The van der Waals surface area contributed by atoms with Gasteiger partial charge >= 0.3 is 11.9 Å². The van der Waals surface area contributed by atoms with Crippen LogP contribution in [0.1, 0.15) is 12.0 Å². The molecule has 0 bridgehead atoms. The Labute approximate surface area is 150 Å². The number of thiocarbonyl (C=S) groups is 1. The van der Waals surface area contributed by atoms with Crippen LogP contribution in [0.4, 0.5) is 5.69 Å². The van der Waals surface area contributed by atoms with E-state index in [2.05, 4.69) is 0 Å². The molecule has 0 saturated carbocycles. The van der Waals surface area contributed by atoms with Gasteiger partial charge in [0.05, 0.1) is 16.2 Å². The first-order valence-corrected chi connectivity index (χ1v) is 7.89. The monoisotopic (exact) mass is 382 g/mol. The summed E-state index contributed by atoms with van der Waals surface area (Å²) in [5, 5.41) is 28.8. The number of hydrogen-bond acceptors (Lipinski definition) is 7. The van der Waals surface area contributed by atoms with Crippen LogP contribution in [0.2, 0.25) is 0 Å². The number of carbonyl (C=O) groups is 3. The molecule has 9 nitrogen and oxygen atoms in total. The number of aliphatic carboxylic acids is 2. The standard InChI is InChI=1S/C14H10N2O7S2/c17-11(18)6-9(13(20)21)15-12(19)10(25-14(15)24)5-7-2-1-3-8(4-7)16(22)23/h1-5,9H,6H2,(H,17,18)(H,20,21)/b10-5+/t9-/m1/s1. The molecular formula is C14H10N2O7S2. The first-order valence-electron chi connectivity index (χ1n) is 6.67. The first kappa shape index (κ1) is 18.5. The van der Waals surface area contributed by atoms with Crippen molar-refractivity contribution in [3.05, 3.63) is 44.8 Å². The molecule has 1 aromatic carbocycles. The third kappa shape index (κ3) is 4.19. The highest BCUT2D eigenvalue weighted by molar-refractivity contribution is 8.26. The molecule has 0 radical (unpaired) electrons. The number of benzene rings is 1. The van der Waals surface area contributed by atoms with E-state index in [1.807, 2.05) is 0 Å². The van der Waals surface area contributed by atoms with E-state index >= 15 is 0 Å². The number of amides is 1. The minimum Gasteiger partial charge on any atom is -0.481 e. The molecule has 0 unspecified atom stereocenters. The number of carbonyl (C=O) groups excluding carboxylic acids is 1. The Morgan fingerprint density at radius 2 is 2.08 bits per heavy atom. The van der Waals surface area contributed by atoms with Crippen LogP contribution in [0.3, 0.4) is 0 Å². The van der Waals surface area contributed by atoms with Gasteiger partial charge in [0.25, 0.3) is 11.6 Å². The molecule has 25 heavy (non-hydrogen) atoms. The van der Waals surface area contributed by atoms with Crippen molar-refractivity contribution in [1.82, 2.24) is 4.90 Å². The van der Waals surface area contributed by atoms with Crippen LogP contribution >= 0.6 is 24.0 Å². The van der Waals surface area contributed by atoms with Gasteiger partial charge in [0, 0.05) is 12.1 Å². The maximum Gasteiger partial charge on any atom is 0.327 e. The van der Waals surface area contributed by atoms with E-state index in [-0.39, 0.29) is 14.9 Å². The Bertz CT molecular complexity index is 821. The van der Waals surface area contributed by atoms with Gasteiger partial charge in [0.2, 0.25) is 0 Å². The van der Waals surface area contributed by atoms with Gasteiger partial charge in [-0.3, -0.25) is 24.6 Å². The maximum absolute atomic E-state index is 12.4. The normalized spacial score (nSPS) is 17.0. The summed E-state index contributed by atoms with van der Waals surface area (Å²) in [4.78, 5) is 45.5. The second-order valence-corrected chi connectivity index (χ2v) is 6.53. The van der Waals surface area contributed by atoms with Crippen molar-refractivity contribution >= 4 is 57.9 Å². The Morgan fingerprint density at radius 3 is 2.64 bits per heavy atom. The summed E-state index contributed by atoms with van der Waals surface area (Å²) in [7, 11) is 0. The zero-order valence-electron chi connectivity index (χ0n) is 12.3. The van der Waals surface area contributed by atoms with E-state index in [1.165, 1.54) is 30.3 Å². The molecule has 1 aliphatic rings. The number of nitro groups is 1. The Morgan fingerprint density at radius 1 is 1.40 bits per heavy atom. The molecule has 1 aliphatic heterocycles. The third-order valence-electron chi connectivity index (χ3n) is 3.17. The molecule has 2 rings (SSSR count). The van der Waals surface area contributed by atoms with Gasteiger partial charge in [-0.25, -0.2) is 4.79 Å². The van der Waals surface area contributed by atoms with Crippen molar-refractivity contribution in [2.45, 2.75) is 12.5 Å². The van der Waals surface area contributed by atoms with Crippen LogP contribution in [0, 0.1) is 10.1 Å². The van der Waals surface area contributed by atoms with Crippen LogP contribution in [0.25, 0.3) is 6.08 Å². The molecule has 0 spiro atoms. The zero-order chi connectivity index (χ0) is 18.7. The summed E-state index contributed by atoms with van der Waals surface area (Å²) in [6.45, 7) is 0. The van der Waals surface area contributed by atoms with Crippen LogP contribution in [-0.2, 0) is 14.4 Å². The van der Waals surface area contributed by atoms with Crippen molar-refractivity contribution in [3.8, 4) is 0 Å². The lowest BCUT2D eigenvalue weighted by Gasteiger charge is -2.21. The molecule has 2 N–H and O–H groups in total. The van der Waals surface area contributed by atoms with Crippen LogP contribution in [-0.4, -0.2) is 48.2 Å². The van der Waals surface area contributed by atoms with Crippen LogP contribution in [0.5, 0.6) is 0 Å². The van der Waals surface area contributed by atoms with Crippen molar-refractivity contribution in [3.63, 3.8) is 0 Å². The highest BCUT2D eigenvalue weighted by Crippen LogP contribution is 2.35. The number of thioether (sulfide) groups is 1. The molecule has 1 amide bonds. The van der Waals surface area contributed by atoms with Gasteiger partial charge in [-0.1, -0.05) is 36.1 Å². The Kier molecular flexibility index (Phi) is 5.49. The minimum atomic E-state index is -1.62. The van der Waals surface area contributed by atoms with E-state index in [4.69, 9.17) is 17.3 Å². The number of nitrogens with zero attached hydrogens (tertiary/aromatic N) is 2. The molecule has 1 atom stereocenters. The average Bonchev–Trinajstić information content (AvgIpc) is 2.79. The van der Waals surface area contributed by atoms with Gasteiger partial charge < -0.3 is 10.2 Å². The first-order chi connectivity index (χ1) is 11.7. The average molecular weight is 382 g/mol. The summed E-state index contributed by atoms with van der Waals surface area (Å²) in [6.07, 6.45) is 0.540. The quantitative estimate of drug-likeness (QED) is 0.326. The third-order valence-corrected chi connectivity index (χ3v) is 4.50. The predicted octanol–water partition coefficient (Wildman–Crippen LogP) is 1.72. The van der Waals surface area contributed by atoms with Crippen molar-refractivity contribution in [2.75, 3.05) is 0 Å². The fraction of sp³-hybridized carbons (Fsp3) is 0.143. The second kappa shape index (κ2) is 7.40. The van der Waals surface area contributed by atoms with Gasteiger partial charge in [-0.05, 0) is 11.6 Å². The lowest BCUT2D eigenvalue weighted by Crippen LogP contribution is -2.45. The fourth-order valence-corrected chi connectivity index (χ4v) is 3.44. The SMILES string of the molecule is O=C(O)C[C@H](C(=O)O)N1C(=O)/C(=C\c2cccc([N+](=O)[O-])c2)SC1=S. The number of nitro benzene ring substituents is 1. The Hall–Kier alpha value is -2.79. The number of carboxylic acid groups (broad SMARTS) is 2. The summed E-state index contributed by atoms with van der Waals surface area (Å²) < 4.78 is -0.0877. The smallest absolute Gasteiger partial charge is 0.327 e. The Balaban J connectivity index is 2.34. The van der Waals surface area contributed by atoms with E-state index in [1.54, 1.807) is 0 Å². The molecule has 11 heteroatoms. The summed E-state index contributed by atoms with van der Waals surface area (Å²) in [6, 6.07) is 3.88. The largest absolute Gasteiger partial charge is 0.481 e. The molecule has 130 valence electrons. The molecular weight excluding hydrogens is 372 g/mol. The van der Waals surface area contributed by atoms with Gasteiger partial charge in [-0.15, -0.1) is 0 Å². The maximum atomic E-state index is 12.4. The second-order valence-electron chi connectivity index (χ2n) is 4.86. The summed E-state index contributed by atoms with van der Waals surface area (Å²) >= 11 is 5.80. The van der Waals surface area contributed by atoms with E-state index in [0.29, 0.717) is 5.56 Å². The lowest BCUT2D eigenvalue weighted by molar-refractivity contribution is -0.384. The van der Waals surface area contributed by atoms with Crippen molar-refractivity contribution in [2.24, 2.45) is 0 Å². The molecule has 1 aromatic rings. The molecule has 0 aromatic heterocycles. The predicted molar refractivity (Wildman–Crippen MR) is 91.8 cm³/mol. The molecule has 1 heterocycles. The van der Waals surface area contributed by atoms with Crippen LogP contribution < -0.4 is 0 Å². The minimum absolute atomic E-state index is 0.0575. The highest BCUT2D eigenvalue weighted by atomic mass is 32.2. The van der Waals surface area contributed by atoms with Gasteiger partial charge in [-0.2, -0.15) is 0 Å². The van der Waals surface area contributed by atoms with Gasteiger partial charge in [0.1, 0.15) is 10.4 Å². The number of rotatable bonds is 6. The summed E-state index contributed by atoms with van der Waals surface area (Å²) in [5.41, 5.74) is 0.193. The van der Waals surface area contributed by atoms with E-state index < -0.39 is 35.2 Å². The van der Waals surface area contributed by atoms with Crippen LogP contribution in [0.15, 0.2) is 29.2 Å². The topological polar surface area (TPSA) is 138 Å². The van der Waals surface area contributed by atoms with Crippen molar-refractivity contribution in [1.29, 1.82) is 0 Å². The highest BCUT2D eigenvalue weighted by Gasteiger charge is 2.41. The number of carboxylic acids is 2. The molecule has 1 fully saturated rings. The number of non-ortho nitro benzene ring substituents is 1. The fourth-order valence-electron chi connectivity index (χ4n) is 2.08. The number of hydrogen-bond donors (Lipinski definition) is 2. The van der Waals surface area contributed by atoms with E-state index in [9.17, 15) is 29.6 Å². The van der Waals surface area contributed by atoms with Gasteiger partial charge in [0.15, 0.2) is 0 Å².